The number of halogens is 3. The second-order valence-electron chi connectivity index (χ2n) is 6.38. The molecule has 1 amide bonds. The Morgan fingerprint density at radius 2 is 2.04 bits per heavy atom. The first-order chi connectivity index (χ1) is 10.8. The lowest BCUT2D eigenvalue weighted by Gasteiger charge is -2.56. The fourth-order valence-electron chi connectivity index (χ4n) is 3.61. The number of carbonyl (C=O) groups is 1. The Morgan fingerprint density at radius 3 is 2.57 bits per heavy atom. The number of nitrogens with zero attached hydrogens (tertiary/aromatic N) is 1. The highest BCUT2D eigenvalue weighted by Crippen LogP contribution is 2.50. The zero-order valence-corrected chi connectivity index (χ0v) is 13.4. The molecule has 0 aromatic rings. The minimum Gasteiger partial charge on any atom is -0.392 e. The number of amides is 1. The molecule has 0 aromatic carbocycles. The van der Waals surface area contributed by atoms with Crippen molar-refractivity contribution >= 4 is 5.91 Å². The van der Waals surface area contributed by atoms with E-state index < -0.39 is 12.1 Å². The quantitative estimate of drug-likeness (QED) is 0.717. The number of nitrogens with one attached hydrogen (secondary N) is 1. The Hall–Kier alpha value is -0.860. The highest BCUT2D eigenvalue weighted by Gasteiger charge is 2.55. The fourth-order valence-corrected chi connectivity index (χ4v) is 3.61. The van der Waals surface area contributed by atoms with Crippen LogP contribution in [0.4, 0.5) is 13.2 Å². The van der Waals surface area contributed by atoms with Gasteiger partial charge in [0.25, 0.3) is 0 Å². The van der Waals surface area contributed by atoms with Gasteiger partial charge in [0.05, 0.1) is 12.2 Å². The predicted octanol–water partition coefficient (Wildman–Crippen LogP) is 1.31. The Morgan fingerprint density at radius 1 is 1.39 bits per heavy atom. The Labute approximate surface area is 134 Å². The van der Waals surface area contributed by atoms with Crippen molar-refractivity contribution in [2.75, 3.05) is 32.8 Å². The van der Waals surface area contributed by atoms with Crippen molar-refractivity contribution in [2.24, 2.45) is 5.41 Å². The number of likely N-dealkylation sites (tertiary alicyclic amines) is 1. The molecule has 2 aliphatic rings. The molecular formula is C15H25F3N2O3. The van der Waals surface area contributed by atoms with Crippen molar-refractivity contribution in [1.29, 1.82) is 0 Å². The minimum absolute atomic E-state index is 0.0180. The summed E-state index contributed by atoms with van der Waals surface area (Å²) in [6, 6.07) is 0. The van der Waals surface area contributed by atoms with Gasteiger partial charge in [-0.3, -0.25) is 4.79 Å². The first-order valence-electron chi connectivity index (χ1n) is 8.16. The summed E-state index contributed by atoms with van der Waals surface area (Å²) < 4.78 is 41.8. The molecule has 0 bridgehead atoms. The van der Waals surface area contributed by atoms with Crippen LogP contribution in [0.3, 0.4) is 0 Å². The van der Waals surface area contributed by atoms with E-state index in [0.717, 1.165) is 25.9 Å². The van der Waals surface area contributed by atoms with Gasteiger partial charge in [-0.05, 0) is 45.8 Å². The maximum absolute atomic E-state index is 12.0. The van der Waals surface area contributed by atoms with E-state index in [4.69, 9.17) is 4.74 Å². The highest BCUT2D eigenvalue weighted by atomic mass is 19.4. The van der Waals surface area contributed by atoms with Crippen LogP contribution in [0.1, 0.15) is 32.6 Å². The minimum atomic E-state index is -4.81. The number of aliphatic hydroxyl groups is 1. The molecule has 134 valence electrons. The monoisotopic (exact) mass is 338 g/mol. The van der Waals surface area contributed by atoms with Crippen LogP contribution in [-0.2, 0) is 9.53 Å². The molecule has 1 aliphatic carbocycles. The van der Waals surface area contributed by atoms with Crippen LogP contribution in [-0.4, -0.2) is 67.1 Å². The highest BCUT2D eigenvalue weighted by molar-refractivity contribution is 5.81. The molecule has 2 N–H and O–H groups in total. The van der Waals surface area contributed by atoms with E-state index in [9.17, 15) is 23.1 Å². The van der Waals surface area contributed by atoms with Crippen LogP contribution in [0.5, 0.6) is 0 Å². The van der Waals surface area contributed by atoms with Crippen LogP contribution < -0.4 is 5.32 Å². The Kier molecular flexibility index (Phi) is 5.91. The number of hydrogen-bond acceptors (Lipinski definition) is 4. The maximum atomic E-state index is 12.0. The van der Waals surface area contributed by atoms with Crippen molar-refractivity contribution in [3.05, 3.63) is 0 Å². The van der Waals surface area contributed by atoms with Crippen molar-refractivity contribution < 1.29 is 27.8 Å². The molecule has 1 saturated heterocycles. The van der Waals surface area contributed by atoms with Crippen molar-refractivity contribution in [2.45, 2.75) is 51.0 Å². The topological polar surface area (TPSA) is 61.8 Å². The van der Waals surface area contributed by atoms with E-state index in [1.165, 1.54) is 0 Å². The zero-order valence-electron chi connectivity index (χ0n) is 13.4. The maximum Gasteiger partial charge on any atom is 0.471 e. The number of alkyl halides is 3. The summed E-state index contributed by atoms with van der Waals surface area (Å²) in [6.45, 7) is 4.85. The van der Waals surface area contributed by atoms with Crippen LogP contribution in [0.15, 0.2) is 0 Å². The number of carbonyl (C=O) groups excluding carboxylic acids is 1. The zero-order chi connectivity index (χ0) is 17.1. The van der Waals surface area contributed by atoms with Crippen LogP contribution in [0.25, 0.3) is 0 Å². The summed E-state index contributed by atoms with van der Waals surface area (Å²) in [6.07, 6.45) is -2.15. The molecule has 23 heavy (non-hydrogen) atoms. The average Bonchev–Trinajstić information content (AvgIpc) is 2.51. The summed E-state index contributed by atoms with van der Waals surface area (Å²) in [5, 5.41) is 12.0. The van der Waals surface area contributed by atoms with Crippen molar-refractivity contribution in [1.82, 2.24) is 10.2 Å². The third-order valence-corrected chi connectivity index (χ3v) is 5.09. The van der Waals surface area contributed by atoms with E-state index in [1.54, 1.807) is 0 Å². The van der Waals surface area contributed by atoms with E-state index in [1.807, 2.05) is 12.2 Å². The van der Waals surface area contributed by atoms with Crippen LogP contribution in [0, 0.1) is 5.41 Å². The molecule has 1 heterocycles. The predicted molar refractivity (Wildman–Crippen MR) is 77.8 cm³/mol. The SMILES string of the molecule is CCOC1CC(O)C12CCN(CCCNC(=O)C(F)(F)F)CC2. The van der Waals surface area contributed by atoms with Crippen molar-refractivity contribution in [3.8, 4) is 0 Å². The second-order valence-corrected chi connectivity index (χ2v) is 6.38. The number of aliphatic hydroxyl groups excluding tert-OH is 1. The van der Waals surface area contributed by atoms with Gasteiger partial charge >= 0.3 is 12.1 Å². The molecule has 2 unspecified atom stereocenters. The molecule has 5 nitrogen and oxygen atoms in total. The number of ether oxygens (including phenoxy) is 1. The van der Waals surface area contributed by atoms with Gasteiger partial charge in [-0.2, -0.15) is 13.2 Å². The molecule has 2 fully saturated rings. The third kappa shape index (κ3) is 4.16. The van der Waals surface area contributed by atoms with Gasteiger partial charge in [0.15, 0.2) is 0 Å². The second kappa shape index (κ2) is 7.36. The molecule has 0 radical (unpaired) electrons. The normalized spacial score (nSPS) is 27.7. The average molecular weight is 338 g/mol. The van der Waals surface area contributed by atoms with Crippen molar-refractivity contribution in [3.63, 3.8) is 0 Å². The first-order valence-corrected chi connectivity index (χ1v) is 8.16. The molecule has 2 atom stereocenters. The largest absolute Gasteiger partial charge is 0.471 e. The molecule has 1 saturated carbocycles. The summed E-state index contributed by atoms with van der Waals surface area (Å²) in [5.41, 5.74) is -0.142. The summed E-state index contributed by atoms with van der Waals surface area (Å²) in [7, 11) is 0. The van der Waals surface area contributed by atoms with Gasteiger partial charge in [-0.15, -0.1) is 0 Å². The van der Waals surface area contributed by atoms with Crippen LogP contribution in [0.2, 0.25) is 0 Å². The number of piperidine rings is 1. The lowest BCUT2D eigenvalue weighted by Crippen LogP contribution is -2.62. The van der Waals surface area contributed by atoms with E-state index in [-0.39, 0.29) is 24.2 Å². The number of hydrogen-bond donors (Lipinski definition) is 2. The smallest absolute Gasteiger partial charge is 0.392 e. The summed E-state index contributed by atoms with van der Waals surface area (Å²) in [4.78, 5) is 12.9. The summed E-state index contributed by atoms with van der Waals surface area (Å²) in [5.74, 6) is -1.88. The van der Waals surface area contributed by atoms with Crippen LogP contribution >= 0.6 is 0 Å². The summed E-state index contributed by atoms with van der Waals surface area (Å²) >= 11 is 0. The van der Waals surface area contributed by atoms with Gasteiger partial charge in [-0.25, -0.2) is 0 Å². The molecular weight excluding hydrogens is 313 g/mol. The molecule has 0 aromatic heterocycles. The van der Waals surface area contributed by atoms with Gasteiger partial charge in [0, 0.05) is 25.0 Å². The lowest BCUT2D eigenvalue weighted by atomic mass is 9.58. The van der Waals surface area contributed by atoms with Gasteiger partial charge in [0.1, 0.15) is 0 Å². The molecule has 1 spiro atoms. The third-order valence-electron chi connectivity index (χ3n) is 5.09. The fraction of sp³-hybridized carbons (Fsp3) is 0.933. The number of rotatable bonds is 6. The Bertz CT molecular complexity index is 407. The molecule has 2 rings (SSSR count). The first kappa shape index (κ1) is 18.5. The van der Waals surface area contributed by atoms with Gasteiger partial charge in [0.2, 0.25) is 0 Å². The molecule has 1 aliphatic heterocycles. The van der Waals surface area contributed by atoms with Gasteiger partial charge in [-0.1, -0.05) is 0 Å². The lowest BCUT2D eigenvalue weighted by molar-refractivity contribution is -0.209. The van der Waals surface area contributed by atoms with Gasteiger partial charge < -0.3 is 20.1 Å². The molecule has 8 heteroatoms. The van der Waals surface area contributed by atoms with E-state index in [0.29, 0.717) is 26.0 Å². The van der Waals surface area contributed by atoms with E-state index in [2.05, 4.69) is 4.90 Å². The van der Waals surface area contributed by atoms with E-state index >= 15 is 0 Å². The standard InChI is InChI=1S/C15H25F3N2O3/c1-2-23-12-10-11(21)14(12)4-8-20(9-5-14)7-3-6-19-13(22)15(16,17)18/h11-12,21H,2-10H2,1H3,(H,19,22). The Balaban J connectivity index is 1.66.